The highest BCUT2D eigenvalue weighted by atomic mass is 15.0. The van der Waals surface area contributed by atoms with Crippen molar-refractivity contribution in [2.75, 3.05) is 0 Å². The van der Waals surface area contributed by atoms with Crippen molar-refractivity contribution in [3.05, 3.63) is 120 Å². The summed E-state index contributed by atoms with van der Waals surface area (Å²) in [5.74, 6) is 2.02. The predicted octanol–water partition coefficient (Wildman–Crippen LogP) is 7.73. The van der Waals surface area contributed by atoms with E-state index in [1.807, 2.05) is 72.9 Å². The molecule has 7 rings (SSSR count). The molecule has 0 saturated carbocycles. The molecule has 0 N–H and O–H groups in total. The number of hydrogen-bond donors (Lipinski definition) is 0. The Labute approximate surface area is 215 Å². The zero-order chi connectivity index (χ0) is 25.0. The van der Waals surface area contributed by atoms with Crippen LogP contribution in [0, 0.1) is 0 Å². The van der Waals surface area contributed by atoms with Crippen molar-refractivity contribution < 1.29 is 0 Å². The van der Waals surface area contributed by atoms with E-state index in [1.165, 1.54) is 22.3 Å². The number of aromatic nitrogens is 4. The summed E-state index contributed by atoms with van der Waals surface area (Å²) in [6.45, 7) is 4.57. The summed E-state index contributed by atoms with van der Waals surface area (Å²) in [5.41, 5.74) is 8.90. The monoisotopic (exact) mass is 476 g/mol. The highest BCUT2D eigenvalue weighted by Gasteiger charge is 2.36. The van der Waals surface area contributed by atoms with Gasteiger partial charge < -0.3 is 0 Å². The third-order valence-corrected chi connectivity index (χ3v) is 7.36. The largest absolute Gasteiger partial charge is 0.256 e. The molecule has 0 saturated heterocycles. The summed E-state index contributed by atoms with van der Waals surface area (Å²) in [6.07, 6.45) is 1.86. The zero-order valence-electron chi connectivity index (χ0n) is 20.7. The summed E-state index contributed by atoms with van der Waals surface area (Å²) in [4.78, 5) is 19.3. The molecule has 4 aromatic carbocycles. The molecule has 1 aliphatic rings. The van der Waals surface area contributed by atoms with Crippen molar-refractivity contribution in [3.8, 4) is 45.3 Å². The third kappa shape index (κ3) is 3.53. The average Bonchev–Trinajstić information content (AvgIpc) is 3.18. The van der Waals surface area contributed by atoms with Crippen molar-refractivity contribution in [1.29, 1.82) is 0 Å². The van der Waals surface area contributed by atoms with E-state index in [4.69, 9.17) is 15.0 Å². The fourth-order valence-electron chi connectivity index (χ4n) is 5.38. The zero-order valence-corrected chi connectivity index (χ0v) is 20.7. The highest BCUT2D eigenvalue weighted by Crippen LogP contribution is 2.50. The molecular formula is C33H24N4. The molecular weight excluding hydrogens is 452 g/mol. The molecule has 0 aliphatic heterocycles. The molecule has 4 nitrogen and oxygen atoms in total. The van der Waals surface area contributed by atoms with E-state index in [1.54, 1.807) is 0 Å². The summed E-state index contributed by atoms with van der Waals surface area (Å²) >= 11 is 0. The van der Waals surface area contributed by atoms with Gasteiger partial charge in [0.25, 0.3) is 0 Å². The van der Waals surface area contributed by atoms with Crippen LogP contribution in [0.15, 0.2) is 109 Å². The Hall–Kier alpha value is -4.70. The lowest BCUT2D eigenvalue weighted by Gasteiger charge is -2.22. The third-order valence-electron chi connectivity index (χ3n) is 7.36. The second-order valence-corrected chi connectivity index (χ2v) is 10.0. The second-order valence-electron chi connectivity index (χ2n) is 10.0. The Kier molecular flexibility index (Phi) is 4.76. The minimum absolute atomic E-state index is 0.163. The van der Waals surface area contributed by atoms with Crippen LogP contribution in [-0.2, 0) is 5.41 Å². The highest BCUT2D eigenvalue weighted by molar-refractivity contribution is 5.92. The van der Waals surface area contributed by atoms with Crippen molar-refractivity contribution in [1.82, 2.24) is 19.9 Å². The molecule has 6 aromatic rings. The summed E-state index contributed by atoms with van der Waals surface area (Å²) in [7, 11) is 0. The SMILES string of the molecule is CC1(C)c2cc(-c3nc(-c4ccccc4)nc(-c4ccccc4)n3)ccc2-c2cc3cccnc3cc21. The van der Waals surface area contributed by atoms with Gasteiger partial charge in [-0.3, -0.25) is 4.98 Å². The van der Waals surface area contributed by atoms with Gasteiger partial charge in [0.2, 0.25) is 0 Å². The van der Waals surface area contributed by atoms with Gasteiger partial charge in [-0.05, 0) is 46.5 Å². The predicted molar refractivity (Wildman–Crippen MR) is 149 cm³/mol. The van der Waals surface area contributed by atoms with E-state index in [0.29, 0.717) is 17.5 Å². The van der Waals surface area contributed by atoms with E-state index in [2.05, 4.69) is 55.2 Å². The normalized spacial score (nSPS) is 13.4. The molecule has 0 spiro atoms. The van der Waals surface area contributed by atoms with Crippen LogP contribution >= 0.6 is 0 Å². The Balaban J connectivity index is 1.41. The first-order chi connectivity index (χ1) is 18.1. The molecule has 0 bridgehead atoms. The number of pyridine rings is 1. The van der Waals surface area contributed by atoms with Gasteiger partial charge in [-0.25, -0.2) is 15.0 Å². The number of benzene rings is 4. The molecule has 1 aliphatic carbocycles. The fourth-order valence-corrected chi connectivity index (χ4v) is 5.38. The lowest BCUT2D eigenvalue weighted by atomic mass is 9.81. The Morgan fingerprint density at radius 3 is 1.76 bits per heavy atom. The summed E-state index contributed by atoms with van der Waals surface area (Å²) in [6, 6.07) is 35.4. The first-order valence-electron chi connectivity index (χ1n) is 12.5. The van der Waals surface area contributed by atoms with Gasteiger partial charge in [0.05, 0.1) is 5.52 Å². The average molecular weight is 477 g/mol. The van der Waals surface area contributed by atoms with E-state index >= 15 is 0 Å². The van der Waals surface area contributed by atoms with Gasteiger partial charge in [0, 0.05) is 33.7 Å². The van der Waals surface area contributed by atoms with Crippen molar-refractivity contribution >= 4 is 10.9 Å². The van der Waals surface area contributed by atoms with Crippen LogP contribution in [0.3, 0.4) is 0 Å². The quantitative estimate of drug-likeness (QED) is 0.262. The molecule has 37 heavy (non-hydrogen) atoms. The van der Waals surface area contributed by atoms with E-state index in [0.717, 1.165) is 27.6 Å². The lowest BCUT2D eigenvalue weighted by molar-refractivity contribution is 0.661. The Morgan fingerprint density at radius 2 is 1.11 bits per heavy atom. The number of nitrogens with zero attached hydrogens (tertiary/aromatic N) is 4. The molecule has 176 valence electrons. The van der Waals surface area contributed by atoms with Crippen LogP contribution in [0.2, 0.25) is 0 Å². The number of hydrogen-bond acceptors (Lipinski definition) is 4. The van der Waals surface area contributed by atoms with Crippen molar-refractivity contribution in [2.45, 2.75) is 19.3 Å². The summed E-state index contributed by atoms with van der Waals surface area (Å²) < 4.78 is 0. The van der Waals surface area contributed by atoms with Crippen LogP contribution in [0.5, 0.6) is 0 Å². The van der Waals surface area contributed by atoms with Gasteiger partial charge in [0.1, 0.15) is 0 Å². The van der Waals surface area contributed by atoms with Crippen LogP contribution in [-0.4, -0.2) is 19.9 Å². The molecule has 2 heterocycles. The maximum atomic E-state index is 4.93. The van der Waals surface area contributed by atoms with Crippen LogP contribution in [0.4, 0.5) is 0 Å². The molecule has 0 amide bonds. The Morgan fingerprint density at radius 1 is 0.514 bits per heavy atom. The molecule has 4 heteroatoms. The molecule has 2 aromatic heterocycles. The maximum absolute atomic E-state index is 4.93. The van der Waals surface area contributed by atoms with E-state index in [-0.39, 0.29) is 5.41 Å². The van der Waals surface area contributed by atoms with Crippen LogP contribution in [0.1, 0.15) is 25.0 Å². The van der Waals surface area contributed by atoms with Crippen LogP contribution in [0.25, 0.3) is 56.2 Å². The van der Waals surface area contributed by atoms with Gasteiger partial charge >= 0.3 is 0 Å². The van der Waals surface area contributed by atoms with Gasteiger partial charge in [-0.1, -0.05) is 92.7 Å². The maximum Gasteiger partial charge on any atom is 0.164 e. The molecule has 0 radical (unpaired) electrons. The van der Waals surface area contributed by atoms with Crippen molar-refractivity contribution in [3.63, 3.8) is 0 Å². The minimum atomic E-state index is -0.163. The van der Waals surface area contributed by atoms with Gasteiger partial charge in [-0.2, -0.15) is 0 Å². The van der Waals surface area contributed by atoms with Crippen LogP contribution < -0.4 is 0 Å². The van der Waals surface area contributed by atoms with E-state index in [9.17, 15) is 0 Å². The summed E-state index contributed by atoms with van der Waals surface area (Å²) in [5, 5.41) is 1.16. The number of fused-ring (bicyclic) bond motifs is 4. The van der Waals surface area contributed by atoms with Gasteiger partial charge in [-0.15, -0.1) is 0 Å². The van der Waals surface area contributed by atoms with Gasteiger partial charge in [0.15, 0.2) is 17.5 Å². The molecule has 0 fully saturated rings. The smallest absolute Gasteiger partial charge is 0.164 e. The molecule has 0 atom stereocenters. The fraction of sp³-hybridized carbons (Fsp3) is 0.0909. The van der Waals surface area contributed by atoms with E-state index < -0.39 is 0 Å². The Bertz CT molecular complexity index is 1730. The minimum Gasteiger partial charge on any atom is -0.256 e. The second kappa shape index (κ2) is 8.17. The first-order valence-corrected chi connectivity index (χ1v) is 12.5. The van der Waals surface area contributed by atoms with Crippen molar-refractivity contribution in [2.24, 2.45) is 0 Å². The molecule has 0 unspecified atom stereocenters. The standard InChI is InChI=1S/C33H24N4/c1-33(2)27-19-24(15-16-25(27)26-18-23-14-9-17-34-29(23)20-28(26)33)32-36-30(21-10-5-3-6-11-21)35-31(37-32)22-12-7-4-8-13-22/h3-20H,1-2H3. The topological polar surface area (TPSA) is 51.6 Å². The number of rotatable bonds is 3. The lowest BCUT2D eigenvalue weighted by Crippen LogP contribution is -2.15. The first kappa shape index (κ1) is 21.6.